The van der Waals surface area contributed by atoms with Crippen LogP contribution in [0.2, 0.25) is 0 Å². The number of hydrogen-bond acceptors (Lipinski definition) is 7. The van der Waals surface area contributed by atoms with Gasteiger partial charge in [0, 0.05) is 17.8 Å². The zero-order chi connectivity index (χ0) is 24.1. The van der Waals surface area contributed by atoms with Crippen molar-refractivity contribution < 1.29 is 19.1 Å². The Morgan fingerprint density at radius 1 is 1.27 bits per heavy atom. The van der Waals surface area contributed by atoms with Crippen molar-refractivity contribution in [3.8, 4) is 5.75 Å². The number of nitrogens with one attached hydrogen (secondary N) is 1. The molecule has 1 heterocycles. The second-order valence-electron chi connectivity index (χ2n) is 8.65. The number of aromatic nitrogens is 1. The number of benzene rings is 1. The summed E-state index contributed by atoms with van der Waals surface area (Å²) in [6, 6.07) is 6.26. The van der Waals surface area contributed by atoms with Crippen LogP contribution in [-0.2, 0) is 4.79 Å². The van der Waals surface area contributed by atoms with E-state index in [1.54, 1.807) is 24.3 Å². The van der Waals surface area contributed by atoms with Gasteiger partial charge in [-0.05, 0) is 48.8 Å². The molecule has 9 nitrogen and oxygen atoms in total. The second kappa shape index (κ2) is 10.7. The van der Waals surface area contributed by atoms with Crippen LogP contribution in [0.25, 0.3) is 0 Å². The van der Waals surface area contributed by atoms with Crippen molar-refractivity contribution in [3.63, 3.8) is 0 Å². The van der Waals surface area contributed by atoms with Crippen LogP contribution in [0.4, 0.5) is 11.4 Å². The van der Waals surface area contributed by atoms with E-state index in [9.17, 15) is 14.4 Å². The number of ether oxygens (including phenoxy) is 1. The van der Waals surface area contributed by atoms with Crippen molar-refractivity contribution in [3.05, 3.63) is 34.8 Å². The van der Waals surface area contributed by atoms with Gasteiger partial charge < -0.3 is 21.5 Å². The average molecular weight is 474 g/mol. The SMILES string of the molecule is COc1cccc(N(C(=O)c2snc(C(N)=O)c2N)C(CC(C)C)C(=O)NC2CCCC2)c1. The molecule has 1 atom stereocenters. The Bertz CT molecular complexity index is 1020. The molecule has 0 spiro atoms. The van der Waals surface area contributed by atoms with Gasteiger partial charge in [0.05, 0.1) is 12.8 Å². The first-order chi connectivity index (χ1) is 15.7. The van der Waals surface area contributed by atoms with E-state index in [2.05, 4.69) is 9.69 Å². The lowest BCUT2D eigenvalue weighted by Crippen LogP contribution is -2.52. The number of hydrogen-bond donors (Lipinski definition) is 3. The number of anilines is 2. The van der Waals surface area contributed by atoms with Crippen molar-refractivity contribution in [2.24, 2.45) is 11.7 Å². The number of methoxy groups -OCH3 is 1. The summed E-state index contributed by atoms with van der Waals surface area (Å²) in [5.74, 6) is -0.874. The standard InChI is InChI=1S/C23H31N5O4S/c1-13(2)11-17(22(30)26-14-7-4-5-8-14)28(15-9-6-10-16(12-15)32-3)23(31)20-18(24)19(21(25)29)27-33-20/h6,9-10,12-14,17H,4-5,7-8,11,24H2,1-3H3,(H2,25,29)(H,26,30). The van der Waals surface area contributed by atoms with Crippen LogP contribution in [0.5, 0.6) is 5.75 Å². The molecule has 1 aliphatic carbocycles. The van der Waals surface area contributed by atoms with E-state index in [0.29, 0.717) is 17.9 Å². The lowest BCUT2D eigenvalue weighted by atomic mass is 9.99. The highest BCUT2D eigenvalue weighted by Crippen LogP contribution is 2.31. The molecular weight excluding hydrogens is 442 g/mol. The fraction of sp³-hybridized carbons (Fsp3) is 0.478. The van der Waals surface area contributed by atoms with Gasteiger partial charge in [0.25, 0.3) is 11.8 Å². The van der Waals surface area contributed by atoms with Crippen LogP contribution in [0.15, 0.2) is 24.3 Å². The van der Waals surface area contributed by atoms with Crippen molar-refractivity contribution >= 4 is 40.6 Å². The molecular formula is C23H31N5O4S. The minimum Gasteiger partial charge on any atom is -0.497 e. The fourth-order valence-corrected chi connectivity index (χ4v) is 4.82. The molecule has 178 valence electrons. The predicted octanol–water partition coefficient (Wildman–Crippen LogP) is 2.95. The maximum Gasteiger partial charge on any atom is 0.272 e. The first kappa shape index (κ1) is 24.5. The number of rotatable bonds is 9. The van der Waals surface area contributed by atoms with Gasteiger partial charge in [-0.1, -0.05) is 32.8 Å². The Hall–Kier alpha value is -3.14. The molecule has 1 saturated carbocycles. The largest absolute Gasteiger partial charge is 0.497 e. The van der Waals surface area contributed by atoms with E-state index in [1.807, 2.05) is 13.8 Å². The summed E-state index contributed by atoms with van der Waals surface area (Å²) >= 11 is 0.796. The number of carbonyl (C=O) groups excluding carboxylic acids is 3. The molecule has 5 N–H and O–H groups in total. The van der Waals surface area contributed by atoms with Crippen molar-refractivity contribution in [2.45, 2.75) is 58.0 Å². The molecule has 3 rings (SSSR count). The Morgan fingerprint density at radius 2 is 1.97 bits per heavy atom. The van der Waals surface area contributed by atoms with Gasteiger partial charge in [-0.15, -0.1) is 0 Å². The minimum atomic E-state index is -0.812. The first-order valence-corrected chi connectivity index (χ1v) is 11.8. The zero-order valence-electron chi connectivity index (χ0n) is 19.2. The van der Waals surface area contributed by atoms with E-state index < -0.39 is 17.9 Å². The number of nitrogens with zero attached hydrogens (tertiary/aromatic N) is 2. The third-order valence-corrected chi connectivity index (χ3v) is 6.57. The van der Waals surface area contributed by atoms with E-state index in [4.69, 9.17) is 16.2 Å². The van der Waals surface area contributed by atoms with Crippen LogP contribution in [0.1, 0.15) is 66.1 Å². The lowest BCUT2D eigenvalue weighted by molar-refractivity contribution is -0.123. The molecule has 0 bridgehead atoms. The monoisotopic (exact) mass is 473 g/mol. The molecule has 10 heteroatoms. The fourth-order valence-electron chi connectivity index (χ4n) is 4.08. The highest BCUT2D eigenvalue weighted by Gasteiger charge is 2.36. The molecule has 0 radical (unpaired) electrons. The zero-order valence-corrected chi connectivity index (χ0v) is 20.0. The molecule has 0 aliphatic heterocycles. The first-order valence-electron chi connectivity index (χ1n) is 11.1. The second-order valence-corrected chi connectivity index (χ2v) is 9.42. The average Bonchev–Trinajstić information content (AvgIpc) is 3.42. The van der Waals surface area contributed by atoms with Gasteiger partial charge in [-0.25, -0.2) is 0 Å². The summed E-state index contributed by atoms with van der Waals surface area (Å²) in [7, 11) is 1.53. The minimum absolute atomic E-state index is 0.0639. The van der Waals surface area contributed by atoms with E-state index >= 15 is 0 Å². The van der Waals surface area contributed by atoms with Crippen LogP contribution in [-0.4, -0.2) is 41.3 Å². The van der Waals surface area contributed by atoms with Gasteiger partial charge >= 0.3 is 0 Å². The van der Waals surface area contributed by atoms with Crippen LogP contribution >= 0.6 is 11.5 Å². The van der Waals surface area contributed by atoms with Gasteiger partial charge in [0.1, 0.15) is 16.7 Å². The quantitative estimate of drug-likeness (QED) is 0.511. The van der Waals surface area contributed by atoms with Gasteiger partial charge in [-0.3, -0.25) is 19.3 Å². The maximum absolute atomic E-state index is 13.8. The Balaban J connectivity index is 2.07. The summed E-state index contributed by atoms with van der Waals surface area (Å²) in [5.41, 5.74) is 11.7. The Labute approximate surface area is 197 Å². The highest BCUT2D eigenvalue weighted by molar-refractivity contribution is 7.09. The third-order valence-electron chi connectivity index (χ3n) is 5.72. The summed E-state index contributed by atoms with van der Waals surface area (Å²) in [6.45, 7) is 3.99. The number of nitrogen functional groups attached to an aromatic ring is 1. The van der Waals surface area contributed by atoms with E-state index in [1.165, 1.54) is 12.0 Å². The number of nitrogens with two attached hydrogens (primary N) is 2. The van der Waals surface area contributed by atoms with Gasteiger partial charge in [0.15, 0.2) is 5.69 Å². The van der Waals surface area contributed by atoms with E-state index in [-0.39, 0.29) is 34.1 Å². The van der Waals surface area contributed by atoms with E-state index in [0.717, 1.165) is 37.2 Å². The Morgan fingerprint density at radius 3 is 2.55 bits per heavy atom. The number of amides is 3. The third kappa shape index (κ3) is 5.62. The topological polar surface area (TPSA) is 141 Å². The van der Waals surface area contributed by atoms with Crippen molar-refractivity contribution in [1.29, 1.82) is 0 Å². The molecule has 1 unspecified atom stereocenters. The highest BCUT2D eigenvalue weighted by atomic mass is 32.1. The molecule has 3 amide bonds. The smallest absolute Gasteiger partial charge is 0.272 e. The molecule has 1 aromatic heterocycles. The summed E-state index contributed by atoms with van der Waals surface area (Å²) < 4.78 is 9.31. The molecule has 1 aliphatic rings. The molecule has 2 aromatic rings. The number of carbonyl (C=O) groups is 3. The molecule has 1 fully saturated rings. The van der Waals surface area contributed by atoms with Gasteiger partial charge in [-0.2, -0.15) is 4.37 Å². The lowest BCUT2D eigenvalue weighted by Gasteiger charge is -2.33. The molecule has 1 aromatic carbocycles. The number of primary amides is 1. The van der Waals surface area contributed by atoms with Crippen LogP contribution in [0, 0.1) is 5.92 Å². The normalized spacial score (nSPS) is 14.8. The van der Waals surface area contributed by atoms with Gasteiger partial charge in [0.2, 0.25) is 5.91 Å². The summed E-state index contributed by atoms with van der Waals surface area (Å²) in [5, 5.41) is 3.13. The van der Waals surface area contributed by atoms with Crippen LogP contribution in [0.3, 0.4) is 0 Å². The van der Waals surface area contributed by atoms with Crippen molar-refractivity contribution in [2.75, 3.05) is 17.7 Å². The van der Waals surface area contributed by atoms with Crippen molar-refractivity contribution in [1.82, 2.24) is 9.69 Å². The molecule has 0 saturated heterocycles. The summed E-state index contributed by atoms with van der Waals surface area (Å²) in [6.07, 6.45) is 4.44. The molecule has 33 heavy (non-hydrogen) atoms. The van der Waals surface area contributed by atoms with Crippen LogP contribution < -0.4 is 26.4 Å². The maximum atomic E-state index is 13.8. The predicted molar refractivity (Wildman–Crippen MR) is 128 cm³/mol. The summed E-state index contributed by atoms with van der Waals surface area (Å²) in [4.78, 5) is 40.4. The Kier molecular flexibility index (Phi) is 7.91.